The zero-order valence-electron chi connectivity index (χ0n) is 7.58. The molecule has 1 aliphatic heterocycles. The van der Waals surface area contributed by atoms with Gasteiger partial charge in [0.05, 0.1) is 6.61 Å². The van der Waals surface area contributed by atoms with Crippen molar-refractivity contribution in [3.8, 4) is 0 Å². The minimum absolute atomic E-state index is 0.0312. The Labute approximate surface area is 77.4 Å². The van der Waals surface area contributed by atoms with E-state index in [1.54, 1.807) is 11.8 Å². The summed E-state index contributed by atoms with van der Waals surface area (Å²) in [5, 5.41) is 0.0312. The minimum atomic E-state index is -0.0611. The number of esters is 1. The molecule has 1 saturated heterocycles. The second-order valence-electron chi connectivity index (χ2n) is 2.87. The molecule has 0 aliphatic carbocycles. The molecule has 0 bridgehead atoms. The number of ether oxygens (including phenoxy) is 1. The summed E-state index contributed by atoms with van der Waals surface area (Å²) >= 11 is 1.70. The standard InChI is InChI=1S/C8H15NO2S/c1-3-11-8(10)7-6-9(2)4-5-12-7/h7H,3-6H2,1-2H3. The molecule has 0 aromatic rings. The second-order valence-corrected chi connectivity index (χ2v) is 4.18. The summed E-state index contributed by atoms with van der Waals surface area (Å²) in [6.45, 7) is 4.22. The van der Waals surface area contributed by atoms with Crippen LogP contribution in [0.25, 0.3) is 0 Å². The molecule has 70 valence electrons. The van der Waals surface area contributed by atoms with Crippen molar-refractivity contribution in [2.24, 2.45) is 0 Å². The first-order chi connectivity index (χ1) is 5.74. The van der Waals surface area contributed by atoms with E-state index in [-0.39, 0.29) is 11.2 Å². The first-order valence-corrected chi connectivity index (χ1v) is 5.25. The van der Waals surface area contributed by atoms with Gasteiger partial charge in [0.25, 0.3) is 0 Å². The van der Waals surface area contributed by atoms with Crippen LogP contribution in [-0.2, 0) is 9.53 Å². The molecule has 0 N–H and O–H groups in total. The Balaban J connectivity index is 2.35. The van der Waals surface area contributed by atoms with Crippen molar-refractivity contribution in [3.63, 3.8) is 0 Å². The third kappa shape index (κ3) is 2.68. The van der Waals surface area contributed by atoms with Gasteiger partial charge in [0.15, 0.2) is 0 Å². The molecule has 0 aromatic heterocycles. The third-order valence-corrected chi connectivity index (χ3v) is 2.98. The van der Waals surface area contributed by atoms with E-state index in [4.69, 9.17) is 4.74 Å². The van der Waals surface area contributed by atoms with Gasteiger partial charge in [-0.25, -0.2) is 0 Å². The van der Waals surface area contributed by atoms with E-state index >= 15 is 0 Å². The van der Waals surface area contributed by atoms with Crippen molar-refractivity contribution < 1.29 is 9.53 Å². The Morgan fingerprint density at radius 3 is 3.08 bits per heavy atom. The average Bonchev–Trinajstić information content (AvgIpc) is 2.05. The van der Waals surface area contributed by atoms with Crippen LogP contribution in [0.2, 0.25) is 0 Å². The summed E-state index contributed by atoms with van der Waals surface area (Å²) in [7, 11) is 2.03. The summed E-state index contributed by atoms with van der Waals surface area (Å²) in [6.07, 6.45) is 0. The molecule has 0 saturated carbocycles. The van der Waals surface area contributed by atoms with Crippen LogP contribution in [0.4, 0.5) is 0 Å². The molecule has 4 heteroatoms. The summed E-state index contributed by atoms with van der Waals surface area (Å²) in [5.74, 6) is 0.967. The molecule has 12 heavy (non-hydrogen) atoms. The molecular formula is C8H15NO2S. The van der Waals surface area contributed by atoms with Crippen LogP contribution < -0.4 is 0 Å². The van der Waals surface area contributed by atoms with E-state index < -0.39 is 0 Å². The van der Waals surface area contributed by atoms with E-state index in [1.165, 1.54) is 0 Å². The monoisotopic (exact) mass is 189 g/mol. The second kappa shape index (κ2) is 4.72. The van der Waals surface area contributed by atoms with Crippen molar-refractivity contribution in [1.82, 2.24) is 4.90 Å². The maximum atomic E-state index is 11.3. The first kappa shape index (κ1) is 9.86. The molecule has 3 nitrogen and oxygen atoms in total. The predicted octanol–water partition coefficient (Wildman–Crippen LogP) is 0.597. The van der Waals surface area contributed by atoms with Crippen molar-refractivity contribution >= 4 is 17.7 Å². The number of carbonyl (C=O) groups excluding carboxylic acids is 1. The van der Waals surface area contributed by atoms with Crippen molar-refractivity contribution in [2.45, 2.75) is 12.2 Å². The van der Waals surface area contributed by atoms with Gasteiger partial charge in [0.2, 0.25) is 0 Å². The summed E-state index contributed by atoms with van der Waals surface area (Å²) in [4.78, 5) is 13.4. The third-order valence-electron chi connectivity index (χ3n) is 1.82. The van der Waals surface area contributed by atoms with Crippen molar-refractivity contribution in [2.75, 3.05) is 32.5 Å². The lowest BCUT2D eigenvalue weighted by atomic mass is 10.4. The quantitative estimate of drug-likeness (QED) is 0.595. The molecule has 1 atom stereocenters. The Bertz CT molecular complexity index is 163. The molecule has 0 radical (unpaired) electrons. The highest BCUT2D eigenvalue weighted by Crippen LogP contribution is 2.18. The van der Waals surface area contributed by atoms with Crippen LogP contribution >= 0.6 is 11.8 Å². The predicted molar refractivity (Wildman–Crippen MR) is 50.4 cm³/mol. The van der Waals surface area contributed by atoms with Crippen LogP contribution in [0.15, 0.2) is 0 Å². The Morgan fingerprint density at radius 1 is 1.75 bits per heavy atom. The van der Waals surface area contributed by atoms with Crippen molar-refractivity contribution in [1.29, 1.82) is 0 Å². The SMILES string of the molecule is CCOC(=O)C1CN(C)CCS1. The maximum absolute atomic E-state index is 11.3. The summed E-state index contributed by atoms with van der Waals surface area (Å²) in [5.41, 5.74) is 0. The van der Waals surface area contributed by atoms with Gasteiger partial charge in [0, 0.05) is 18.8 Å². The number of rotatable bonds is 2. The molecule has 1 heterocycles. The largest absolute Gasteiger partial charge is 0.465 e. The minimum Gasteiger partial charge on any atom is -0.465 e. The van der Waals surface area contributed by atoms with Gasteiger partial charge in [-0.05, 0) is 14.0 Å². The van der Waals surface area contributed by atoms with Gasteiger partial charge in [-0.2, -0.15) is 0 Å². The van der Waals surface area contributed by atoms with E-state index in [0.717, 1.165) is 18.8 Å². The molecule has 0 spiro atoms. The molecule has 1 rings (SSSR count). The molecule has 1 fully saturated rings. The number of hydrogen-bond donors (Lipinski definition) is 0. The van der Waals surface area contributed by atoms with Gasteiger partial charge in [-0.15, -0.1) is 11.8 Å². The zero-order chi connectivity index (χ0) is 8.97. The zero-order valence-corrected chi connectivity index (χ0v) is 8.39. The maximum Gasteiger partial charge on any atom is 0.320 e. The summed E-state index contributed by atoms with van der Waals surface area (Å²) in [6, 6.07) is 0. The topological polar surface area (TPSA) is 29.5 Å². The molecule has 0 aromatic carbocycles. The highest BCUT2D eigenvalue weighted by molar-refractivity contribution is 8.00. The van der Waals surface area contributed by atoms with Crippen molar-refractivity contribution in [3.05, 3.63) is 0 Å². The Morgan fingerprint density at radius 2 is 2.50 bits per heavy atom. The fourth-order valence-electron chi connectivity index (χ4n) is 1.16. The highest BCUT2D eigenvalue weighted by atomic mass is 32.2. The number of thioether (sulfide) groups is 1. The van der Waals surface area contributed by atoms with Crippen LogP contribution in [0.5, 0.6) is 0 Å². The van der Waals surface area contributed by atoms with Crippen LogP contribution in [0.1, 0.15) is 6.92 Å². The lowest BCUT2D eigenvalue weighted by Crippen LogP contribution is -2.39. The lowest BCUT2D eigenvalue weighted by Gasteiger charge is -2.27. The normalized spacial score (nSPS) is 25.3. The Hall–Kier alpha value is -0.220. The van der Waals surface area contributed by atoms with Gasteiger partial charge in [-0.3, -0.25) is 4.79 Å². The van der Waals surface area contributed by atoms with Gasteiger partial charge >= 0.3 is 5.97 Å². The summed E-state index contributed by atoms with van der Waals surface area (Å²) < 4.78 is 4.94. The van der Waals surface area contributed by atoms with E-state index in [1.807, 2.05) is 14.0 Å². The van der Waals surface area contributed by atoms with E-state index in [9.17, 15) is 4.79 Å². The Kier molecular flexibility index (Phi) is 3.88. The number of hydrogen-bond acceptors (Lipinski definition) is 4. The molecular weight excluding hydrogens is 174 g/mol. The number of carbonyl (C=O) groups is 1. The van der Waals surface area contributed by atoms with Crippen LogP contribution in [0.3, 0.4) is 0 Å². The highest BCUT2D eigenvalue weighted by Gasteiger charge is 2.25. The van der Waals surface area contributed by atoms with Crippen LogP contribution in [-0.4, -0.2) is 48.6 Å². The van der Waals surface area contributed by atoms with Gasteiger partial charge in [-0.1, -0.05) is 0 Å². The fourth-order valence-corrected chi connectivity index (χ4v) is 2.42. The molecule has 1 aliphatic rings. The van der Waals surface area contributed by atoms with E-state index in [2.05, 4.69) is 4.90 Å². The lowest BCUT2D eigenvalue weighted by molar-refractivity contribution is -0.142. The van der Waals surface area contributed by atoms with E-state index in [0.29, 0.717) is 6.61 Å². The molecule has 0 amide bonds. The first-order valence-electron chi connectivity index (χ1n) is 4.21. The smallest absolute Gasteiger partial charge is 0.320 e. The fraction of sp³-hybridized carbons (Fsp3) is 0.875. The van der Waals surface area contributed by atoms with Gasteiger partial charge in [0.1, 0.15) is 5.25 Å². The molecule has 1 unspecified atom stereocenters. The average molecular weight is 189 g/mol. The van der Waals surface area contributed by atoms with Gasteiger partial charge < -0.3 is 9.64 Å². The number of nitrogens with zero attached hydrogens (tertiary/aromatic N) is 1. The van der Waals surface area contributed by atoms with Crippen LogP contribution in [0, 0.1) is 0 Å².